The molecule has 0 bridgehead atoms. The number of hydrogen-bond donors (Lipinski definition) is 0. The molecule has 2 nitrogen and oxygen atoms in total. The number of ether oxygens (including phenoxy) is 2. The van der Waals surface area contributed by atoms with Gasteiger partial charge in [0, 0.05) is 12.1 Å². The Morgan fingerprint density at radius 1 is 1.06 bits per heavy atom. The quantitative estimate of drug-likeness (QED) is 0.762. The van der Waals surface area contributed by atoms with Crippen LogP contribution >= 0.6 is 11.6 Å². The summed E-state index contributed by atoms with van der Waals surface area (Å²) >= 11 is 5.87. The molecular formula is C15H14ClO2. The molecule has 0 aliphatic carbocycles. The van der Waals surface area contributed by atoms with Crippen molar-refractivity contribution in [2.45, 2.75) is 0 Å². The molecule has 0 unspecified atom stereocenters. The Hall–Kier alpha value is -1.51. The molecular weight excluding hydrogens is 248 g/mol. The van der Waals surface area contributed by atoms with E-state index in [1.54, 1.807) is 7.11 Å². The van der Waals surface area contributed by atoms with Gasteiger partial charge in [0.05, 0.1) is 6.61 Å². The molecule has 0 aliphatic rings. The predicted molar refractivity (Wildman–Crippen MR) is 73.1 cm³/mol. The molecule has 0 amide bonds. The normalized spacial score (nSPS) is 10.3. The zero-order chi connectivity index (χ0) is 12.8. The standard InChI is InChI=1S/C15H14ClO2/c1-17-9-10-18-15-4-2-3-13(11-15)12-5-7-14(16)8-6-12/h3-8,11H,9-10H2,1H3. The zero-order valence-electron chi connectivity index (χ0n) is 10.2. The first kappa shape index (κ1) is 12.9. The Balaban J connectivity index is 2.13. The van der Waals surface area contributed by atoms with Crippen LogP contribution in [0.25, 0.3) is 11.1 Å². The van der Waals surface area contributed by atoms with Gasteiger partial charge >= 0.3 is 0 Å². The number of rotatable bonds is 5. The molecule has 0 aromatic heterocycles. The maximum absolute atomic E-state index is 5.87. The summed E-state index contributed by atoms with van der Waals surface area (Å²) in [6, 6.07) is 16.5. The van der Waals surface area contributed by atoms with E-state index in [0.717, 1.165) is 21.9 Å². The van der Waals surface area contributed by atoms with E-state index in [0.29, 0.717) is 13.2 Å². The number of halogens is 1. The van der Waals surface area contributed by atoms with Gasteiger partial charge in [-0.1, -0.05) is 23.7 Å². The van der Waals surface area contributed by atoms with Crippen LogP contribution in [0, 0.1) is 6.07 Å². The zero-order valence-corrected chi connectivity index (χ0v) is 10.9. The summed E-state index contributed by atoms with van der Waals surface area (Å²) in [5.74, 6) is 0.791. The van der Waals surface area contributed by atoms with Crippen molar-refractivity contribution in [1.82, 2.24) is 0 Å². The van der Waals surface area contributed by atoms with Crippen molar-refractivity contribution < 1.29 is 9.47 Å². The molecule has 0 saturated heterocycles. The molecule has 1 radical (unpaired) electrons. The van der Waals surface area contributed by atoms with Crippen LogP contribution in [0.1, 0.15) is 0 Å². The minimum Gasteiger partial charge on any atom is -0.491 e. The van der Waals surface area contributed by atoms with Gasteiger partial charge in [0.25, 0.3) is 0 Å². The minimum atomic E-state index is 0.536. The summed E-state index contributed by atoms with van der Waals surface area (Å²) in [6.45, 7) is 1.11. The third-order valence-corrected chi connectivity index (χ3v) is 2.75. The SMILES string of the molecule is COCCOc1c[c]cc(-c2ccc(Cl)cc2)c1. The van der Waals surface area contributed by atoms with E-state index in [4.69, 9.17) is 21.1 Å². The lowest BCUT2D eigenvalue weighted by molar-refractivity contribution is 0.146. The highest BCUT2D eigenvalue weighted by molar-refractivity contribution is 6.30. The summed E-state index contributed by atoms with van der Waals surface area (Å²) in [5.41, 5.74) is 2.15. The molecule has 93 valence electrons. The Morgan fingerprint density at radius 3 is 2.56 bits per heavy atom. The van der Waals surface area contributed by atoms with Gasteiger partial charge < -0.3 is 9.47 Å². The molecule has 18 heavy (non-hydrogen) atoms. The fourth-order valence-electron chi connectivity index (χ4n) is 1.59. The maximum Gasteiger partial charge on any atom is 0.120 e. The van der Waals surface area contributed by atoms with Gasteiger partial charge in [-0.25, -0.2) is 0 Å². The van der Waals surface area contributed by atoms with Crippen molar-refractivity contribution in [3.63, 3.8) is 0 Å². The third-order valence-electron chi connectivity index (χ3n) is 2.50. The van der Waals surface area contributed by atoms with Crippen LogP contribution in [0.4, 0.5) is 0 Å². The van der Waals surface area contributed by atoms with Crippen LogP contribution in [0.2, 0.25) is 5.02 Å². The lowest BCUT2D eigenvalue weighted by Gasteiger charge is -2.07. The molecule has 0 aliphatic heterocycles. The summed E-state index contributed by atoms with van der Waals surface area (Å²) in [6.07, 6.45) is 0. The monoisotopic (exact) mass is 261 g/mol. The van der Waals surface area contributed by atoms with E-state index in [9.17, 15) is 0 Å². The van der Waals surface area contributed by atoms with Gasteiger partial charge in [0.2, 0.25) is 0 Å². The Kier molecular flexibility index (Phi) is 4.62. The number of benzene rings is 2. The molecule has 0 atom stereocenters. The first-order chi connectivity index (χ1) is 8.79. The van der Waals surface area contributed by atoms with Gasteiger partial charge in [-0.15, -0.1) is 0 Å². The molecule has 2 aromatic carbocycles. The van der Waals surface area contributed by atoms with E-state index in [1.807, 2.05) is 42.5 Å². The van der Waals surface area contributed by atoms with E-state index < -0.39 is 0 Å². The van der Waals surface area contributed by atoms with Crippen LogP contribution in [0.3, 0.4) is 0 Å². The Labute approximate surface area is 112 Å². The maximum atomic E-state index is 5.87. The first-order valence-corrected chi connectivity index (χ1v) is 6.06. The van der Waals surface area contributed by atoms with Crippen molar-refractivity contribution in [1.29, 1.82) is 0 Å². The average Bonchev–Trinajstić information content (AvgIpc) is 2.40. The van der Waals surface area contributed by atoms with Crippen molar-refractivity contribution in [3.05, 3.63) is 53.6 Å². The Morgan fingerprint density at radius 2 is 1.83 bits per heavy atom. The first-order valence-electron chi connectivity index (χ1n) is 5.68. The third kappa shape index (κ3) is 3.49. The summed E-state index contributed by atoms with van der Waals surface area (Å²) < 4.78 is 10.5. The van der Waals surface area contributed by atoms with E-state index in [2.05, 4.69) is 6.07 Å². The molecule has 0 N–H and O–H groups in total. The van der Waals surface area contributed by atoms with E-state index >= 15 is 0 Å². The van der Waals surface area contributed by atoms with E-state index in [-0.39, 0.29) is 0 Å². The molecule has 0 spiro atoms. The molecule has 0 saturated carbocycles. The highest BCUT2D eigenvalue weighted by atomic mass is 35.5. The van der Waals surface area contributed by atoms with Gasteiger partial charge in [0.1, 0.15) is 12.4 Å². The number of methoxy groups -OCH3 is 1. The average molecular weight is 262 g/mol. The summed E-state index contributed by atoms with van der Waals surface area (Å²) in [4.78, 5) is 0. The smallest absolute Gasteiger partial charge is 0.120 e. The van der Waals surface area contributed by atoms with Crippen LogP contribution < -0.4 is 4.74 Å². The second-order valence-corrected chi connectivity index (χ2v) is 4.24. The topological polar surface area (TPSA) is 18.5 Å². The van der Waals surface area contributed by atoms with Crippen molar-refractivity contribution in [2.24, 2.45) is 0 Å². The second kappa shape index (κ2) is 6.43. The van der Waals surface area contributed by atoms with Crippen molar-refractivity contribution in [2.75, 3.05) is 20.3 Å². The van der Waals surface area contributed by atoms with Crippen LogP contribution in [-0.4, -0.2) is 20.3 Å². The second-order valence-electron chi connectivity index (χ2n) is 3.81. The van der Waals surface area contributed by atoms with Crippen molar-refractivity contribution in [3.8, 4) is 16.9 Å². The molecule has 0 heterocycles. The van der Waals surface area contributed by atoms with Gasteiger partial charge in [-0.3, -0.25) is 0 Å². The lowest BCUT2D eigenvalue weighted by Crippen LogP contribution is -2.04. The Bertz CT molecular complexity index is 494. The molecule has 2 rings (SSSR count). The van der Waals surface area contributed by atoms with Crippen LogP contribution in [0.15, 0.2) is 42.5 Å². The largest absolute Gasteiger partial charge is 0.491 e. The molecule has 2 aromatic rings. The highest BCUT2D eigenvalue weighted by Gasteiger charge is 2.00. The lowest BCUT2D eigenvalue weighted by atomic mass is 10.1. The summed E-state index contributed by atoms with van der Waals surface area (Å²) in [5, 5.41) is 0.732. The minimum absolute atomic E-state index is 0.536. The van der Waals surface area contributed by atoms with Crippen molar-refractivity contribution >= 4 is 11.6 Å². The van der Waals surface area contributed by atoms with Crippen LogP contribution in [-0.2, 0) is 4.74 Å². The van der Waals surface area contributed by atoms with Gasteiger partial charge in [-0.05, 0) is 47.5 Å². The molecule has 3 heteroatoms. The van der Waals surface area contributed by atoms with Crippen LogP contribution in [0.5, 0.6) is 5.75 Å². The fourth-order valence-corrected chi connectivity index (χ4v) is 1.71. The fraction of sp³-hybridized carbons (Fsp3) is 0.200. The predicted octanol–water partition coefficient (Wildman–Crippen LogP) is 3.83. The summed E-state index contributed by atoms with van der Waals surface area (Å²) in [7, 11) is 1.65. The highest BCUT2D eigenvalue weighted by Crippen LogP contribution is 2.24. The van der Waals surface area contributed by atoms with Gasteiger partial charge in [0.15, 0.2) is 0 Å². The number of hydrogen-bond acceptors (Lipinski definition) is 2. The molecule has 0 fully saturated rings. The van der Waals surface area contributed by atoms with Gasteiger partial charge in [-0.2, -0.15) is 0 Å². The van der Waals surface area contributed by atoms with E-state index in [1.165, 1.54) is 0 Å².